The van der Waals surface area contributed by atoms with Gasteiger partial charge in [0.05, 0.1) is 12.2 Å². The Kier molecular flexibility index (Phi) is 2.10. The minimum atomic E-state index is -0.661. The fourth-order valence-electron chi connectivity index (χ4n) is 2.24. The molecule has 1 aliphatic heterocycles. The van der Waals surface area contributed by atoms with Crippen LogP contribution in [-0.4, -0.2) is 29.2 Å². The molecule has 0 radical (unpaired) electrons. The smallest absolute Gasteiger partial charge is 0.342 e. The molecule has 1 aromatic rings. The summed E-state index contributed by atoms with van der Waals surface area (Å²) in [4.78, 5) is 35.0. The van der Waals surface area contributed by atoms with Gasteiger partial charge in [-0.25, -0.2) is 4.79 Å². The summed E-state index contributed by atoms with van der Waals surface area (Å²) in [5.41, 5.74) is 0.573. The van der Waals surface area contributed by atoms with Crippen LogP contribution in [0.1, 0.15) is 36.6 Å². The van der Waals surface area contributed by atoms with E-state index in [1.165, 1.54) is 6.07 Å². The van der Waals surface area contributed by atoms with Crippen LogP contribution in [0.2, 0.25) is 0 Å². The highest BCUT2D eigenvalue weighted by molar-refractivity contribution is 6.24. The highest BCUT2D eigenvalue weighted by Crippen LogP contribution is 2.34. The lowest BCUT2D eigenvalue weighted by Crippen LogP contribution is -2.22. The van der Waals surface area contributed by atoms with Gasteiger partial charge in [0, 0.05) is 12.0 Å². The molecule has 5 nitrogen and oxygen atoms in total. The van der Waals surface area contributed by atoms with Gasteiger partial charge in [-0.2, -0.15) is 0 Å². The van der Waals surface area contributed by atoms with E-state index in [1.807, 2.05) is 0 Å². The third-order valence-corrected chi connectivity index (χ3v) is 3.09. The molecule has 0 spiro atoms. The number of carbonyl (C=O) groups is 3. The van der Waals surface area contributed by atoms with E-state index >= 15 is 0 Å². The Morgan fingerprint density at radius 3 is 2.56 bits per heavy atom. The van der Waals surface area contributed by atoms with E-state index in [4.69, 9.17) is 4.74 Å². The number of ether oxygens (including phenoxy) is 1. The molecular formula is C13H8O5. The normalized spacial score (nSPS) is 17.2. The molecule has 0 fully saturated rings. The van der Waals surface area contributed by atoms with Crippen molar-refractivity contribution in [2.75, 3.05) is 6.61 Å². The average Bonchev–Trinajstić information content (AvgIpc) is 2.34. The van der Waals surface area contributed by atoms with Gasteiger partial charge in [-0.05, 0) is 23.8 Å². The maximum Gasteiger partial charge on any atom is 0.342 e. The van der Waals surface area contributed by atoms with E-state index in [9.17, 15) is 19.5 Å². The van der Waals surface area contributed by atoms with E-state index in [0.717, 1.165) is 12.2 Å². The highest BCUT2D eigenvalue weighted by Gasteiger charge is 2.31. The fraction of sp³-hybridized carbons (Fsp3) is 0.154. The first-order valence-corrected chi connectivity index (χ1v) is 5.42. The summed E-state index contributed by atoms with van der Waals surface area (Å²) in [5.74, 6) is -1.94. The van der Waals surface area contributed by atoms with Gasteiger partial charge in [-0.3, -0.25) is 9.59 Å². The molecule has 2 aliphatic rings. The van der Waals surface area contributed by atoms with Crippen molar-refractivity contribution in [3.05, 3.63) is 40.5 Å². The molecule has 5 heteroatoms. The van der Waals surface area contributed by atoms with Gasteiger partial charge >= 0.3 is 5.97 Å². The number of hydrogen-bond acceptors (Lipinski definition) is 5. The van der Waals surface area contributed by atoms with E-state index < -0.39 is 17.5 Å². The molecule has 0 unspecified atom stereocenters. The summed E-state index contributed by atoms with van der Waals surface area (Å²) in [6.07, 6.45) is 2.68. The molecule has 0 amide bonds. The number of aromatic hydroxyl groups is 1. The molecular weight excluding hydrogens is 236 g/mol. The largest absolute Gasteiger partial charge is 0.506 e. The minimum absolute atomic E-state index is 0.00329. The van der Waals surface area contributed by atoms with E-state index in [2.05, 4.69) is 0 Å². The molecule has 0 aromatic heterocycles. The number of benzene rings is 1. The van der Waals surface area contributed by atoms with Crippen LogP contribution < -0.4 is 0 Å². The predicted octanol–water partition coefficient (Wildman–Crippen LogP) is 1.04. The zero-order chi connectivity index (χ0) is 12.9. The van der Waals surface area contributed by atoms with E-state index in [-0.39, 0.29) is 29.1 Å². The number of phenols is 1. The van der Waals surface area contributed by atoms with Gasteiger partial charge in [0.25, 0.3) is 0 Å². The van der Waals surface area contributed by atoms with Crippen LogP contribution in [0.4, 0.5) is 0 Å². The summed E-state index contributed by atoms with van der Waals surface area (Å²) < 4.78 is 4.83. The zero-order valence-electron chi connectivity index (χ0n) is 9.23. The number of hydrogen-bond donors (Lipinski definition) is 1. The Balaban J connectivity index is 2.35. The second-order valence-electron chi connectivity index (χ2n) is 4.13. The monoisotopic (exact) mass is 244 g/mol. The fourth-order valence-corrected chi connectivity index (χ4v) is 2.24. The van der Waals surface area contributed by atoms with Gasteiger partial charge in [-0.15, -0.1) is 0 Å². The second kappa shape index (κ2) is 3.53. The van der Waals surface area contributed by atoms with Crippen molar-refractivity contribution in [2.24, 2.45) is 0 Å². The summed E-state index contributed by atoms with van der Waals surface area (Å²) in [7, 11) is 0. The van der Waals surface area contributed by atoms with Gasteiger partial charge in [0.1, 0.15) is 11.3 Å². The highest BCUT2D eigenvalue weighted by atomic mass is 16.5. The molecule has 18 heavy (non-hydrogen) atoms. The van der Waals surface area contributed by atoms with Gasteiger partial charge < -0.3 is 9.84 Å². The van der Waals surface area contributed by atoms with Gasteiger partial charge in [0.15, 0.2) is 11.6 Å². The molecule has 0 saturated heterocycles. The van der Waals surface area contributed by atoms with Crippen LogP contribution >= 0.6 is 0 Å². The number of allylic oxidation sites excluding steroid dienone is 2. The lowest BCUT2D eigenvalue weighted by molar-refractivity contribution is 0.0475. The Morgan fingerprint density at radius 2 is 1.78 bits per heavy atom. The third kappa shape index (κ3) is 1.30. The number of fused-ring (bicyclic) bond motifs is 2. The Bertz CT molecular complexity index is 639. The summed E-state index contributed by atoms with van der Waals surface area (Å²) in [6.45, 7) is 0.210. The molecule has 1 aliphatic carbocycles. The summed E-state index contributed by atoms with van der Waals surface area (Å²) in [5, 5.41) is 10.0. The second-order valence-corrected chi connectivity index (χ2v) is 4.13. The maximum absolute atomic E-state index is 11.7. The standard InChI is InChI=1S/C13H8O5/c14-8-1-2-9(15)11-7(8)5-6-3-4-18-13(17)10(6)12(11)16/h1-2,5,16H,3-4H2. The van der Waals surface area contributed by atoms with Crippen LogP contribution in [0.3, 0.4) is 0 Å². The van der Waals surface area contributed by atoms with Crippen molar-refractivity contribution >= 4 is 17.5 Å². The van der Waals surface area contributed by atoms with Crippen molar-refractivity contribution in [1.82, 2.24) is 0 Å². The average molecular weight is 244 g/mol. The quantitative estimate of drug-likeness (QED) is 0.689. The van der Waals surface area contributed by atoms with Crippen LogP contribution in [-0.2, 0) is 11.2 Å². The van der Waals surface area contributed by atoms with Crippen molar-refractivity contribution in [1.29, 1.82) is 0 Å². The van der Waals surface area contributed by atoms with Gasteiger partial charge in [-0.1, -0.05) is 0 Å². The predicted molar refractivity (Wildman–Crippen MR) is 59.9 cm³/mol. The Labute approximate surface area is 102 Å². The van der Waals surface area contributed by atoms with Crippen molar-refractivity contribution < 1.29 is 24.2 Å². The number of phenolic OH excluding ortho intramolecular Hbond substituents is 1. The van der Waals surface area contributed by atoms with Crippen molar-refractivity contribution in [3.8, 4) is 5.75 Å². The number of ketones is 2. The zero-order valence-corrected chi connectivity index (χ0v) is 9.23. The molecule has 0 atom stereocenters. The minimum Gasteiger partial charge on any atom is -0.506 e. The lowest BCUT2D eigenvalue weighted by atomic mass is 9.87. The Hall–Kier alpha value is -2.43. The van der Waals surface area contributed by atoms with E-state index in [1.54, 1.807) is 0 Å². The van der Waals surface area contributed by atoms with Crippen LogP contribution in [0, 0.1) is 0 Å². The molecule has 90 valence electrons. The number of rotatable bonds is 0. The van der Waals surface area contributed by atoms with Gasteiger partial charge in [0.2, 0.25) is 0 Å². The first kappa shape index (κ1) is 10.7. The number of cyclic esters (lactones) is 1. The molecule has 0 saturated carbocycles. The van der Waals surface area contributed by atoms with Crippen LogP contribution in [0.25, 0.3) is 0 Å². The summed E-state index contributed by atoms with van der Waals surface area (Å²) >= 11 is 0. The van der Waals surface area contributed by atoms with Crippen molar-refractivity contribution in [3.63, 3.8) is 0 Å². The maximum atomic E-state index is 11.7. The van der Waals surface area contributed by atoms with Crippen molar-refractivity contribution in [2.45, 2.75) is 6.42 Å². The van der Waals surface area contributed by atoms with E-state index in [0.29, 0.717) is 12.0 Å². The molecule has 1 heterocycles. The number of carbonyl (C=O) groups excluding carboxylic acids is 3. The molecule has 3 rings (SSSR count). The first-order valence-electron chi connectivity index (χ1n) is 5.42. The van der Waals surface area contributed by atoms with Crippen LogP contribution in [0.5, 0.6) is 5.75 Å². The molecule has 1 N–H and O–H groups in total. The molecule has 1 aromatic carbocycles. The molecule has 0 bridgehead atoms. The topological polar surface area (TPSA) is 80.7 Å². The Morgan fingerprint density at radius 1 is 1.06 bits per heavy atom. The first-order chi connectivity index (χ1) is 8.59. The lowest BCUT2D eigenvalue weighted by Gasteiger charge is -2.20. The van der Waals surface area contributed by atoms with Crippen LogP contribution in [0.15, 0.2) is 18.2 Å². The SMILES string of the molecule is O=C1C=CC(=O)c2c1cc1c(c2O)C(=O)OCC1. The summed E-state index contributed by atoms with van der Waals surface area (Å²) in [6, 6.07) is 1.49. The third-order valence-electron chi connectivity index (χ3n) is 3.09. The number of esters is 1.